The van der Waals surface area contributed by atoms with Gasteiger partial charge in [0, 0.05) is 22.6 Å². The smallest absolute Gasteiger partial charge is 0.252 e. The lowest BCUT2D eigenvalue weighted by Crippen LogP contribution is -2.02. The van der Waals surface area contributed by atoms with Gasteiger partial charge in [-0.25, -0.2) is 13.8 Å². The first-order chi connectivity index (χ1) is 11.9. The molecule has 0 saturated heterocycles. The maximum Gasteiger partial charge on any atom is 0.252 e. The van der Waals surface area contributed by atoms with Crippen LogP contribution < -0.4 is 5.56 Å². The number of aromatic amines is 1. The molecule has 0 radical (unpaired) electrons. The number of halogens is 2. The van der Waals surface area contributed by atoms with Gasteiger partial charge in [-0.2, -0.15) is 0 Å². The van der Waals surface area contributed by atoms with E-state index in [0.29, 0.717) is 37.3 Å². The van der Waals surface area contributed by atoms with Gasteiger partial charge in [0.25, 0.3) is 5.56 Å². The van der Waals surface area contributed by atoms with Crippen LogP contribution in [0.2, 0.25) is 0 Å². The number of fused-ring (bicyclic) bond motifs is 3. The largest absolute Gasteiger partial charge is 0.506 e. The Bertz CT molecular complexity index is 1160. The van der Waals surface area contributed by atoms with E-state index in [0.717, 1.165) is 6.07 Å². The van der Waals surface area contributed by atoms with Crippen molar-refractivity contribution in [1.82, 2.24) is 9.97 Å². The summed E-state index contributed by atoms with van der Waals surface area (Å²) in [6.07, 6.45) is -1.31. The Balaban J connectivity index is 2.09. The number of aromatic hydroxyl groups is 1. The maximum atomic E-state index is 14.3. The molecular weight excluding hydrogens is 346 g/mol. The Labute approximate surface area is 144 Å². The zero-order valence-corrected chi connectivity index (χ0v) is 13.8. The molecule has 0 spiro atoms. The third-order valence-electron chi connectivity index (χ3n) is 4.01. The zero-order valence-electron chi connectivity index (χ0n) is 13.0. The number of rotatable bonds is 2. The van der Waals surface area contributed by atoms with Crippen molar-refractivity contribution in [3.63, 3.8) is 0 Å². The molecule has 1 aromatic carbocycles. The van der Waals surface area contributed by atoms with Gasteiger partial charge >= 0.3 is 0 Å². The highest BCUT2D eigenvalue weighted by atomic mass is 32.1. The van der Waals surface area contributed by atoms with Crippen LogP contribution in [0.1, 0.15) is 18.7 Å². The van der Waals surface area contributed by atoms with E-state index >= 15 is 0 Å². The van der Waals surface area contributed by atoms with E-state index in [1.165, 1.54) is 30.4 Å². The SMILES string of the molecule is C[C@H](F)c1cc(-c2ccc(F)cc2)nc2sc3c(O)cc(=O)[nH]c3c12. The molecule has 2 N–H and O–H groups in total. The Kier molecular flexibility index (Phi) is 3.54. The lowest BCUT2D eigenvalue weighted by molar-refractivity contribution is 0.377. The van der Waals surface area contributed by atoms with Gasteiger partial charge in [0.2, 0.25) is 0 Å². The third kappa shape index (κ3) is 2.56. The summed E-state index contributed by atoms with van der Waals surface area (Å²) in [5.41, 5.74) is 1.42. The first-order valence-electron chi connectivity index (χ1n) is 7.53. The van der Waals surface area contributed by atoms with Crippen LogP contribution >= 0.6 is 11.3 Å². The lowest BCUT2D eigenvalue weighted by atomic mass is 10.0. The predicted octanol–water partition coefficient (Wildman–Crippen LogP) is 4.68. The van der Waals surface area contributed by atoms with E-state index in [1.54, 1.807) is 18.2 Å². The number of alkyl halides is 1. The molecule has 3 heterocycles. The molecule has 1 atom stereocenters. The Morgan fingerprint density at radius 3 is 2.64 bits per heavy atom. The monoisotopic (exact) mass is 358 g/mol. The predicted molar refractivity (Wildman–Crippen MR) is 94.3 cm³/mol. The molecule has 0 unspecified atom stereocenters. The summed E-state index contributed by atoms with van der Waals surface area (Å²) < 4.78 is 27.9. The summed E-state index contributed by atoms with van der Waals surface area (Å²) in [7, 11) is 0. The van der Waals surface area contributed by atoms with Crippen LogP contribution in [-0.2, 0) is 0 Å². The molecule has 0 aliphatic heterocycles. The minimum atomic E-state index is -1.31. The fraction of sp³-hybridized carbons (Fsp3) is 0.111. The average molecular weight is 358 g/mol. The molecule has 25 heavy (non-hydrogen) atoms. The van der Waals surface area contributed by atoms with Gasteiger partial charge in [-0.3, -0.25) is 4.79 Å². The van der Waals surface area contributed by atoms with Gasteiger partial charge in [-0.15, -0.1) is 11.3 Å². The second kappa shape index (κ2) is 5.63. The minimum absolute atomic E-state index is 0.164. The molecule has 4 nitrogen and oxygen atoms in total. The minimum Gasteiger partial charge on any atom is -0.506 e. The normalized spacial score (nSPS) is 12.8. The van der Waals surface area contributed by atoms with Gasteiger partial charge in [-0.05, 0) is 37.3 Å². The van der Waals surface area contributed by atoms with Gasteiger partial charge in [-0.1, -0.05) is 0 Å². The second-order valence-corrected chi connectivity index (χ2v) is 6.72. The molecule has 0 aliphatic rings. The van der Waals surface area contributed by atoms with Crippen molar-refractivity contribution in [2.75, 3.05) is 0 Å². The number of hydrogen-bond donors (Lipinski definition) is 2. The van der Waals surface area contributed by atoms with E-state index in [4.69, 9.17) is 0 Å². The van der Waals surface area contributed by atoms with Crippen molar-refractivity contribution in [3.05, 3.63) is 58.1 Å². The van der Waals surface area contributed by atoms with Crippen molar-refractivity contribution >= 4 is 31.8 Å². The number of benzene rings is 1. The molecule has 0 aliphatic carbocycles. The summed E-state index contributed by atoms with van der Waals surface area (Å²) in [5, 5.41) is 10.5. The number of H-pyrrole nitrogens is 1. The molecule has 126 valence electrons. The summed E-state index contributed by atoms with van der Waals surface area (Å²) in [6.45, 7) is 1.40. The fourth-order valence-corrected chi connectivity index (χ4v) is 3.94. The average Bonchev–Trinajstić information content (AvgIpc) is 2.93. The highest BCUT2D eigenvalue weighted by molar-refractivity contribution is 7.25. The van der Waals surface area contributed by atoms with Crippen LogP contribution in [0.25, 0.3) is 31.7 Å². The molecule has 3 aromatic heterocycles. The van der Waals surface area contributed by atoms with Crippen molar-refractivity contribution in [2.45, 2.75) is 13.1 Å². The summed E-state index contributed by atoms with van der Waals surface area (Å²) in [4.78, 5) is 19.4. The van der Waals surface area contributed by atoms with Crippen LogP contribution in [-0.4, -0.2) is 15.1 Å². The topological polar surface area (TPSA) is 66.0 Å². The molecule has 4 rings (SSSR count). The standard InChI is InChI=1S/C18H12F2N2O2S/c1-8(19)11-6-12(9-2-4-10(20)5-3-9)21-18-15(11)16-17(25-18)13(23)7-14(24)22-16/h2-8H,1H3,(H2,22,23,24)/t8-/m0/s1. The van der Waals surface area contributed by atoms with Crippen LogP contribution in [0, 0.1) is 5.82 Å². The van der Waals surface area contributed by atoms with Crippen LogP contribution in [0.3, 0.4) is 0 Å². The highest BCUT2D eigenvalue weighted by Crippen LogP contribution is 2.41. The van der Waals surface area contributed by atoms with E-state index in [1.807, 2.05) is 0 Å². The number of thiophene rings is 1. The van der Waals surface area contributed by atoms with Crippen molar-refractivity contribution in [1.29, 1.82) is 0 Å². The first-order valence-corrected chi connectivity index (χ1v) is 8.35. The van der Waals surface area contributed by atoms with Gasteiger partial charge in [0.1, 0.15) is 22.6 Å². The van der Waals surface area contributed by atoms with Gasteiger partial charge < -0.3 is 10.1 Å². The van der Waals surface area contributed by atoms with E-state index < -0.39 is 11.7 Å². The molecular formula is C18H12F2N2O2S. The number of nitrogens with one attached hydrogen (secondary N) is 1. The second-order valence-electron chi connectivity index (χ2n) is 5.72. The molecule has 0 amide bonds. The van der Waals surface area contributed by atoms with Gasteiger partial charge in [0.15, 0.2) is 0 Å². The molecule has 4 aromatic rings. The zero-order chi connectivity index (χ0) is 17.7. The maximum absolute atomic E-state index is 14.3. The van der Waals surface area contributed by atoms with Crippen molar-refractivity contribution in [2.24, 2.45) is 0 Å². The quantitative estimate of drug-likeness (QED) is 0.547. The Morgan fingerprint density at radius 1 is 1.24 bits per heavy atom. The van der Waals surface area contributed by atoms with Crippen molar-refractivity contribution in [3.8, 4) is 17.0 Å². The molecule has 0 fully saturated rings. The first kappa shape index (κ1) is 15.7. The number of hydrogen-bond acceptors (Lipinski definition) is 4. The number of nitrogens with zero attached hydrogens (tertiary/aromatic N) is 1. The number of aromatic nitrogens is 2. The van der Waals surface area contributed by atoms with Crippen LogP contribution in [0.15, 0.2) is 41.2 Å². The van der Waals surface area contributed by atoms with Crippen molar-refractivity contribution < 1.29 is 13.9 Å². The van der Waals surface area contributed by atoms with E-state index in [9.17, 15) is 18.7 Å². The Morgan fingerprint density at radius 2 is 1.96 bits per heavy atom. The third-order valence-corrected chi connectivity index (χ3v) is 5.12. The van der Waals surface area contributed by atoms with E-state index in [2.05, 4.69) is 9.97 Å². The Hall–Kier alpha value is -2.80. The highest BCUT2D eigenvalue weighted by Gasteiger charge is 2.19. The lowest BCUT2D eigenvalue weighted by Gasteiger charge is -2.08. The summed E-state index contributed by atoms with van der Waals surface area (Å²) in [5.74, 6) is -0.532. The van der Waals surface area contributed by atoms with Crippen LogP contribution in [0.4, 0.5) is 8.78 Å². The summed E-state index contributed by atoms with van der Waals surface area (Å²) >= 11 is 1.17. The number of pyridine rings is 2. The molecule has 0 saturated carbocycles. The fourth-order valence-electron chi connectivity index (χ4n) is 2.86. The molecule has 0 bridgehead atoms. The van der Waals surface area contributed by atoms with Crippen LogP contribution in [0.5, 0.6) is 5.75 Å². The van der Waals surface area contributed by atoms with E-state index in [-0.39, 0.29) is 11.6 Å². The summed E-state index contributed by atoms with van der Waals surface area (Å²) in [6, 6.07) is 8.44. The molecule has 7 heteroatoms. The van der Waals surface area contributed by atoms with Gasteiger partial charge in [0.05, 0.1) is 15.9 Å².